The van der Waals surface area contributed by atoms with Gasteiger partial charge in [-0.3, -0.25) is 9.59 Å². The molecule has 1 aliphatic carbocycles. The van der Waals surface area contributed by atoms with Crippen LogP contribution in [0, 0.1) is 5.92 Å². The Morgan fingerprint density at radius 1 is 1.30 bits per heavy atom. The Morgan fingerprint density at radius 3 is 2.65 bits per heavy atom. The highest BCUT2D eigenvalue weighted by Gasteiger charge is 2.31. The van der Waals surface area contributed by atoms with Gasteiger partial charge in [-0.05, 0) is 30.9 Å². The maximum atomic E-state index is 12.7. The number of carbonyl (C=O) groups is 2. The van der Waals surface area contributed by atoms with E-state index in [4.69, 9.17) is 0 Å². The molecule has 0 saturated heterocycles. The van der Waals surface area contributed by atoms with Gasteiger partial charge in [0.05, 0.1) is 10.2 Å². The first-order valence-corrected chi connectivity index (χ1v) is 8.78. The van der Waals surface area contributed by atoms with Crippen molar-refractivity contribution >= 4 is 33.4 Å². The predicted molar refractivity (Wildman–Crippen MR) is 90.9 cm³/mol. The number of fused-ring (bicyclic) bond motifs is 1. The highest BCUT2D eigenvalue weighted by atomic mass is 32.1. The van der Waals surface area contributed by atoms with Crippen LogP contribution in [0.2, 0.25) is 0 Å². The maximum Gasteiger partial charge on any atom is 0.271 e. The number of rotatable bonds is 3. The van der Waals surface area contributed by atoms with Crippen molar-refractivity contribution in [3.63, 3.8) is 0 Å². The van der Waals surface area contributed by atoms with E-state index in [9.17, 15) is 9.59 Å². The first-order chi connectivity index (χ1) is 11.1. The van der Waals surface area contributed by atoms with E-state index in [1.54, 1.807) is 0 Å². The van der Waals surface area contributed by atoms with Crippen LogP contribution in [-0.2, 0) is 16.6 Å². The third kappa shape index (κ3) is 3.37. The number of amides is 2. The van der Waals surface area contributed by atoms with Gasteiger partial charge in [0.25, 0.3) is 5.91 Å². The molecule has 2 aromatic rings. The summed E-state index contributed by atoms with van der Waals surface area (Å²) in [6.45, 7) is 1.45. The Bertz CT molecular complexity index is 800. The SMILES string of the molecule is CC(=O)N[C@H](C(=O)N=c1sc2ccccc2n1C)C1CCCC1. The number of nitrogens with one attached hydrogen (secondary N) is 1. The lowest BCUT2D eigenvalue weighted by Gasteiger charge is -2.20. The van der Waals surface area contributed by atoms with E-state index in [2.05, 4.69) is 10.3 Å². The number of benzene rings is 1. The van der Waals surface area contributed by atoms with Crippen LogP contribution in [0.15, 0.2) is 29.3 Å². The van der Waals surface area contributed by atoms with Gasteiger partial charge in [-0.1, -0.05) is 36.3 Å². The molecule has 1 saturated carbocycles. The topological polar surface area (TPSA) is 63.5 Å². The highest BCUT2D eigenvalue weighted by Crippen LogP contribution is 2.28. The minimum absolute atomic E-state index is 0.175. The third-order valence-electron chi connectivity index (χ3n) is 4.42. The van der Waals surface area contributed by atoms with Crippen LogP contribution < -0.4 is 10.1 Å². The lowest BCUT2D eigenvalue weighted by molar-refractivity contribution is -0.127. The van der Waals surface area contributed by atoms with Crippen molar-refractivity contribution < 1.29 is 9.59 Å². The summed E-state index contributed by atoms with van der Waals surface area (Å²) in [4.78, 5) is 29.1. The minimum Gasteiger partial charge on any atom is -0.344 e. The number of nitrogens with zero attached hydrogens (tertiary/aromatic N) is 2. The Labute approximate surface area is 139 Å². The first kappa shape index (κ1) is 15.9. The zero-order valence-corrected chi connectivity index (χ0v) is 14.2. The van der Waals surface area contributed by atoms with Gasteiger partial charge in [0.1, 0.15) is 6.04 Å². The summed E-state index contributed by atoms with van der Waals surface area (Å²) < 4.78 is 3.02. The molecule has 2 amide bonds. The van der Waals surface area contributed by atoms with Crippen molar-refractivity contribution in [2.75, 3.05) is 0 Å². The molecule has 1 aromatic carbocycles. The van der Waals surface area contributed by atoms with E-state index in [1.807, 2.05) is 35.9 Å². The molecular formula is C17H21N3O2S. The van der Waals surface area contributed by atoms with Crippen molar-refractivity contribution in [3.05, 3.63) is 29.1 Å². The molecule has 0 spiro atoms. The second kappa shape index (κ2) is 6.66. The molecule has 1 heterocycles. The Balaban J connectivity index is 1.95. The normalized spacial score (nSPS) is 17.6. The smallest absolute Gasteiger partial charge is 0.271 e. The summed E-state index contributed by atoms with van der Waals surface area (Å²) in [7, 11) is 1.91. The zero-order chi connectivity index (χ0) is 16.4. The monoisotopic (exact) mass is 331 g/mol. The van der Waals surface area contributed by atoms with Crippen molar-refractivity contribution in [3.8, 4) is 0 Å². The van der Waals surface area contributed by atoms with E-state index in [1.165, 1.54) is 18.3 Å². The number of hydrogen-bond donors (Lipinski definition) is 1. The summed E-state index contributed by atoms with van der Waals surface area (Å²) in [6.07, 6.45) is 4.19. The molecule has 1 aliphatic rings. The molecule has 6 heteroatoms. The van der Waals surface area contributed by atoms with E-state index >= 15 is 0 Å². The largest absolute Gasteiger partial charge is 0.344 e. The summed E-state index contributed by atoms with van der Waals surface area (Å²) >= 11 is 1.49. The van der Waals surface area contributed by atoms with E-state index in [-0.39, 0.29) is 17.7 Å². The average Bonchev–Trinajstić information content (AvgIpc) is 3.14. The van der Waals surface area contributed by atoms with Crippen LogP contribution in [-0.4, -0.2) is 22.4 Å². The lowest BCUT2D eigenvalue weighted by atomic mass is 9.97. The molecule has 0 radical (unpaired) electrons. The second-order valence-corrected chi connectivity index (χ2v) is 7.09. The van der Waals surface area contributed by atoms with Gasteiger partial charge in [0.15, 0.2) is 4.80 Å². The lowest BCUT2D eigenvalue weighted by Crippen LogP contribution is -2.44. The van der Waals surface area contributed by atoms with E-state index in [0.29, 0.717) is 4.80 Å². The molecule has 1 atom stereocenters. The molecule has 122 valence electrons. The molecule has 0 bridgehead atoms. The van der Waals surface area contributed by atoms with Crippen molar-refractivity contribution in [1.82, 2.24) is 9.88 Å². The molecule has 1 fully saturated rings. The summed E-state index contributed by atoms with van der Waals surface area (Å²) in [6, 6.07) is 7.48. The number of hydrogen-bond acceptors (Lipinski definition) is 3. The fourth-order valence-electron chi connectivity index (χ4n) is 3.24. The van der Waals surface area contributed by atoms with Gasteiger partial charge >= 0.3 is 0 Å². The van der Waals surface area contributed by atoms with Crippen molar-refractivity contribution in [2.24, 2.45) is 18.0 Å². The molecular weight excluding hydrogens is 310 g/mol. The second-order valence-electron chi connectivity index (χ2n) is 6.08. The first-order valence-electron chi connectivity index (χ1n) is 7.96. The van der Waals surface area contributed by atoms with Gasteiger partial charge in [0, 0.05) is 14.0 Å². The minimum atomic E-state index is -0.500. The molecule has 1 N–H and O–H groups in total. The fourth-order valence-corrected chi connectivity index (χ4v) is 4.27. The molecule has 0 unspecified atom stereocenters. The Morgan fingerprint density at radius 2 is 2.00 bits per heavy atom. The van der Waals surface area contributed by atoms with E-state index < -0.39 is 6.04 Å². The standard InChI is InChI=1S/C17H21N3O2S/c1-11(21)18-15(12-7-3-4-8-12)16(22)19-17-20(2)13-9-5-6-10-14(13)23-17/h5-6,9-10,12,15H,3-4,7-8H2,1-2H3,(H,18,21)/t15-/m0/s1. The van der Waals surface area contributed by atoms with Crippen LogP contribution in [0.3, 0.4) is 0 Å². The molecule has 1 aromatic heterocycles. The molecule has 23 heavy (non-hydrogen) atoms. The van der Waals surface area contributed by atoms with Gasteiger partial charge in [-0.15, -0.1) is 0 Å². The predicted octanol–water partition coefficient (Wildman–Crippen LogP) is 2.36. The number of carbonyl (C=O) groups excluding carboxylic acids is 2. The third-order valence-corrected chi connectivity index (χ3v) is 5.53. The van der Waals surface area contributed by atoms with Crippen LogP contribution in [0.4, 0.5) is 0 Å². The Kier molecular flexibility index (Phi) is 4.61. The van der Waals surface area contributed by atoms with Crippen LogP contribution >= 0.6 is 11.3 Å². The van der Waals surface area contributed by atoms with Gasteiger partial charge in [-0.2, -0.15) is 4.99 Å². The van der Waals surface area contributed by atoms with Crippen LogP contribution in [0.1, 0.15) is 32.6 Å². The summed E-state index contributed by atoms with van der Waals surface area (Å²) in [5.74, 6) is -0.213. The number of aryl methyl sites for hydroxylation is 1. The fraction of sp³-hybridized carbons (Fsp3) is 0.471. The summed E-state index contributed by atoms with van der Waals surface area (Å²) in [5.41, 5.74) is 1.06. The Hall–Kier alpha value is -1.95. The van der Waals surface area contributed by atoms with Crippen LogP contribution in [0.25, 0.3) is 10.2 Å². The summed E-state index contributed by atoms with van der Waals surface area (Å²) in [5, 5.41) is 2.81. The highest BCUT2D eigenvalue weighted by molar-refractivity contribution is 7.16. The van der Waals surface area contributed by atoms with E-state index in [0.717, 1.165) is 35.9 Å². The molecule has 3 rings (SSSR count). The van der Waals surface area contributed by atoms with Crippen LogP contribution in [0.5, 0.6) is 0 Å². The number of para-hydroxylation sites is 1. The average molecular weight is 331 g/mol. The quantitative estimate of drug-likeness (QED) is 0.938. The molecule has 0 aliphatic heterocycles. The number of thiazole rings is 1. The van der Waals surface area contributed by atoms with Gasteiger partial charge in [-0.25, -0.2) is 0 Å². The number of aromatic nitrogens is 1. The van der Waals surface area contributed by atoms with Crippen molar-refractivity contribution in [1.29, 1.82) is 0 Å². The van der Waals surface area contributed by atoms with Crippen molar-refractivity contribution in [2.45, 2.75) is 38.6 Å². The molecule has 5 nitrogen and oxygen atoms in total. The maximum absolute atomic E-state index is 12.7. The zero-order valence-electron chi connectivity index (χ0n) is 13.4. The van der Waals surface area contributed by atoms with Gasteiger partial charge < -0.3 is 9.88 Å². The van der Waals surface area contributed by atoms with Gasteiger partial charge in [0.2, 0.25) is 5.91 Å².